The molecule has 1 saturated heterocycles. The third kappa shape index (κ3) is 5.17. The highest BCUT2D eigenvalue weighted by Crippen LogP contribution is 2.27. The smallest absolute Gasteiger partial charge is 0.198 e. The third-order valence-corrected chi connectivity index (χ3v) is 7.01. The van der Waals surface area contributed by atoms with E-state index in [4.69, 9.17) is 27.6 Å². The van der Waals surface area contributed by atoms with Crippen LogP contribution in [0.3, 0.4) is 0 Å². The Morgan fingerprint density at radius 2 is 1.65 bits per heavy atom. The summed E-state index contributed by atoms with van der Waals surface area (Å²) in [5.41, 5.74) is 1.93. The summed E-state index contributed by atoms with van der Waals surface area (Å²) in [5.74, 6) is 0.909. The summed E-state index contributed by atoms with van der Waals surface area (Å²) in [5, 5.41) is 3.05. The van der Waals surface area contributed by atoms with Gasteiger partial charge < -0.3 is 4.42 Å². The number of ketones is 2. The van der Waals surface area contributed by atoms with Crippen molar-refractivity contribution >= 4 is 56.6 Å². The molecule has 174 valence electrons. The second-order valence-electron chi connectivity index (χ2n) is 8.93. The summed E-state index contributed by atoms with van der Waals surface area (Å²) < 4.78 is 5.69. The van der Waals surface area contributed by atoms with Crippen LogP contribution in [0.1, 0.15) is 46.7 Å². The molecule has 0 radical (unpaired) electrons. The van der Waals surface area contributed by atoms with Crippen LogP contribution in [0.4, 0.5) is 0 Å². The summed E-state index contributed by atoms with van der Waals surface area (Å²) in [6.07, 6.45) is 3.23. The minimum absolute atomic E-state index is 0.0218. The van der Waals surface area contributed by atoms with Crippen LogP contribution < -0.4 is 0 Å². The Morgan fingerprint density at radius 1 is 0.912 bits per heavy atom. The Bertz CT molecular complexity index is 1370. The van der Waals surface area contributed by atoms with E-state index in [9.17, 15) is 9.59 Å². The Labute approximate surface area is 207 Å². The van der Waals surface area contributed by atoms with Crippen molar-refractivity contribution in [2.75, 3.05) is 19.6 Å². The quantitative estimate of drug-likeness (QED) is 0.263. The SMILES string of the molecule is O=C(CN1CCC(CCC(=O)c2cc3cc(Cl)ccc3o2)CC1)c1ccc2cc(Cl)ccc2n1. The highest BCUT2D eigenvalue weighted by molar-refractivity contribution is 6.31. The van der Waals surface area contributed by atoms with Gasteiger partial charge in [0.1, 0.15) is 11.3 Å². The molecule has 0 amide bonds. The van der Waals surface area contributed by atoms with Gasteiger partial charge in [0.25, 0.3) is 0 Å². The number of pyridine rings is 1. The fraction of sp³-hybridized carbons (Fsp3) is 0.296. The van der Waals surface area contributed by atoms with Crippen LogP contribution in [0.2, 0.25) is 10.0 Å². The molecule has 5 rings (SSSR count). The molecule has 5 nitrogen and oxygen atoms in total. The van der Waals surface area contributed by atoms with Gasteiger partial charge in [-0.25, -0.2) is 4.98 Å². The first-order valence-corrected chi connectivity index (χ1v) is 12.2. The lowest BCUT2D eigenvalue weighted by molar-refractivity contribution is 0.0880. The topological polar surface area (TPSA) is 63.4 Å². The van der Waals surface area contributed by atoms with Crippen LogP contribution in [-0.4, -0.2) is 41.1 Å². The van der Waals surface area contributed by atoms with E-state index < -0.39 is 0 Å². The van der Waals surface area contributed by atoms with E-state index in [1.54, 1.807) is 36.4 Å². The van der Waals surface area contributed by atoms with Gasteiger partial charge in [0.2, 0.25) is 0 Å². The Kier molecular flexibility index (Phi) is 6.68. The third-order valence-electron chi connectivity index (χ3n) is 6.54. The molecule has 1 aliphatic rings. The van der Waals surface area contributed by atoms with Crippen molar-refractivity contribution in [3.05, 3.63) is 76.1 Å². The lowest BCUT2D eigenvalue weighted by Gasteiger charge is -2.31. The van der Waals surface area contributed by atoms with Crippen LogP contribution in [0.5, 0.6) is 0 Å². The van der Waals surface area contributed by atoms with Gasteiger partial charge in [-0.3, -0.25) is 14.5 Å². The monoisotopic (exact) mass is 494 g/mol. The predicted octanol–water partition coefficient (Wildman–Crippen LogP) is 6.85. The van der Waals surface area contributed by atoms with Gasteiger partial charge in [0, 0.05) is 27.2 Å². The standard InChI is InChI=1S/C27H24Cl2N2O3/c28-20-3-6-22-18(13-20)2-5-23(30-22)25(33)16-31-11-9-17(10-12-31)1-7-24(32)27-15-19-14-21(29)4-8-26(19)34-27/h2-6,8,13-15,17H,1,7,9-12,16H2. The maximum atomic E-state index is 12.8. The van der Waals surface area contributed by atoms with Crippen molar-refractivity contribution in [1.29, 1.82) is 0 Å². The highest BCUT2D eigenvalue weighted by Gasteiger charge is 2.23. The predicted molar refractivity (Wildman–Crippen MR) is 135 cm³/mol. The zero-order chi connectivity index (χ0) is 23.7. The maximum Gasteiger partial charge on any atom is 0.198 e. The Morgan fingerprint density at radius 3 is 2.44 bits per heavy atom. The number of nitrogens with zero attached hydrogens (tertiary/aromatic N) is 2. The number of carbonyl (C=O) groups is 2. The maximum absolute atomic E-state index is 12.8. The Balaban J connectivity index is 1.11. The second kappa shape index (κ2) is 9.87. The molecular formula is C27H24Cl2N2O3. The average molecular weight is 495 g/mol. The number of aromatic nitrogens is 1. The van der Waals surface area contributed by atoms with E-state index in [1.165, 1.54) is 0 Å². The first kappa shape index (κ1) is 23.0. The summed E-state index contributed by atoms with van der Waals surface area (Å²) >= 11 is 12.0. The number of halogens is 2. The molecule has 0 aliphatic carbocycles. The molecule has 1 fully saturated rings. The molecule has 0 saturated carbocycles. The van der Waals surface area contributed by atoms with Crippen LogP contribution >= 0.6 is 23.2 Å². The average Bonchev–Trinajstić information content (AvgIpc) is 3.26. The van der Waals surface area contributed by atoms with E-state index in [2.05, 4.69) is 9.88 Å². The molecule has 0 atom stereocenters. The number of Topliss-reactive ketones (excluding diaryl/α,β-unsaturated/α-hetero) is 2. The van der Waals surface area contributed by atoms with E-state index in [0.29, 0.717) is 46.0 Å². The molecule has 3 heterocycles. The molecule has 7 heteroatoms. The van der Waals surface area contributed by atoms with Gasteiger partial charge in [-0.2, -0.15) is 0 Å². The lowest BCUT2D eigenvalue weighted by atomic mass is 9.91. The van der Waals surface area contributed by atoms with E-state index in [1.807, 2.05) is 18.2 Å². The van der Waals surface area contributed by atoms with Crippen molar-refractivity contribution in [1.82, 2.24) is 9.88 Å². The fourth-order valence-corrected chi connectivity index (χ4v) is 4.94. The minimum atomic E-state index is 0.0218. The van der Waals surface area contributed by atoms with Gasteiger partial charge in [-0.05, 0) is 86.8 Å². The normalized spacial score (nSPS) is 15.2. The zero-order valence-electron chi connectivity index (χ0n) is 18.6. The van der Waals surface area contributed by atoms with Gasteiger partial charge >= 0.3 is 0 Å². The fourth-order valence-electron chi connectivity index (χ4n) is 4.58. The number of furan rings is 1. The summed E-state index contributed by atoms with van der Waals surface area (Å²) in [6, 6.07) is 16.2. The van der Waals surface area contributed by atoms with Crippen molar-refractivity contribution in [3.63, 3.8) is 0 Å². The number of hydrogen-bond acceptors (Lipinski definition) is 5. The number of fused-ring (bicyclic) bond motifs is 2. The van der Waals surface area contributed by atoms with E-state index in [-0.39, 0.29) is 11.6 Å². The lowest BCUT2D eigenvalue weighted by Crippen LogP contribution is -2.37. The van der Waals surface area contributed by atoms with Gasteiger partial charge in [0.05, 0.1) is 12.1 Å². The first-order valence-electron chi connectivity index (χ1n) is 11.5. The zero-order valence-corrected chi connectivity index (χ0v) is 20.1. The summed E-state index contributed by atoms with van der Waals surface area (Å²) in [6.45, 7) is 2.05. The highest BCUT2D eigenvalue weighted by atomic mass is 35.5. The van der Waals surface area contributed by atoms with Crippen molar-refractivity contribution < 1.29 is 14.0 Å². The number of benzene rings is 2. The number of carbonyl (C=O) groups excluding carboxylic acids is 2. The summed E-state index contributed by atoms with van der Waals surface area (Å²) in [7, 11) is 0. The van der Waals surface area contributed by atoms with E-state index >= 15 is 0 Å². The van der Waals surface area contributed by atoms with Crippen molar-refractivity contribution in [2.45, 2.75) is 25.7 Å². The second-order valence-corrected chi connectivity index (χ2v) is 9.80. The van der Waals surface area contributed by atoms with Crippen LogP contribution in [0.15, 0.2) is 59.0 Å². The van der Waals surface area contributed by atoms with E-state index in [0.717, 1.165) is 48.6 Å². The van der Waals surface area contributed by atoms with Crippen LogP contribution in [-0.2, 0) is 0 Å². The molecule has 2 aromatic carbocycles. The number of likely N-dealkylation sites (tertiary alicyclic amines) is 1. The largest absolute Gasteiger partial charge is 0.453 e. The molecule has 2 aromatic heterocycles. The number of rotatable bonds is 7. The number of hydrogen-bond donors (Lipinski definition) is 0. The van der Waals surface area contributed by atoms with Gasteiger partial charge in [-0.15, -0.1) is 0 Å². The summed E-state index contributed by atoms with van der Waals surface area (Å²) in [4.78, 5) is 32.1. The first-order chi connectivity index (χ1) is 16.4. The molecule has 0 bridgehead atoms. The van der Waals surface area contributed by atoms with Crippen molar-refractivity contribution in [2.24, 2.45) is 5.92 Å². The molecule has 0 spiro atoms. The molecular weight excluding hydrogens is 471 g/mol. The Hall–Kier alpha value is -2.73. The van der Waals surface area contributed by atoms with Crippen LogP contribution in [0, 0.1) is 5.92 Å². The number of piperidine rings is 1. The molecule has 0 unspecified atom stereocenters. The molecule has 34 heavy (non-hydrogen) atoms. The van der Waals surface area contributed by atoms with Gasteiger partial charge in [0.15, 0.2) is 17.3 Å². The molecule has 4 aromatic rings. The molecule has 1 aliphatic heterocycles. The minimum Gasteiger partial charge on any atom is -0.453 e. The molecule has 0 N–H and O–H groups in total. The van der Waals surface area contributed by atoms with Crippen molar-refractivity contribution in [3.8, 4) is 0 Å². The van der Waals surface area contributed by atoms with Gasteiger partial charge in [-0.1, -0.05) is 29.3 Å². The van der Waals surface area contributed by atoms with Crippen LogP contribution in [0.25, 0.3) is 21.9 Å².